The molecule has 0 bridgehead atoms. The number of carboxylic acid groups (broad SMARTS) is 1. The Morgan fingerprint density at radius 1 is 1.48 bits per heavy atom. The van der Waals surface area contributed by atoms with Gasteiger partial charge in [-0.3, -0.25) is 0 Å². The molecule has 1 atom stereocenters. The normalized spacial score (nSPS) is 20.9. The van der Waals surface area contributed by atoms with E-state index in [1.54, 1.807) is 12.1 Å². The number of piperidine rings is 1. The van der Waals surface area contributed by atoms with Gasteiger partial charge in [-0.05, 0) is 30.4 Å². The molecule has 1 aliphatic heterocycles. The zero-order valence-electron chi connectivity index (χ0n) is 12.5. The molecule has 0 amide bonds. The van der Waals surface area contributed by atoms with Gasteiger partial charge in [-0.15, -0.1) is 0 Å². The monoisotopic (exact) mass is 292 g/mol. The Labute approximate surface area is 123 Å². The molecule has 1 fully saturated rings. The highest BCUT2D eigenvalue weighted by molar-refractivity contribution is 5.88. The molecule has 1 saturated heterocycles. The molecule has 6 heteroatoms. The van der Waals surface area contributed by atoms with Gasteiger partial charge in [-0.25, -0.2) is 14.6 Å². The first-order valence-electron chi connectivity index (χ1n) is 6.90. The van der Waals surface area contributed by atoms with Crippen molar-refractivity contribution in [2.45, 2.75) is 32.7 Å². The molecule has 21 heavy (non-hydrogen) atoms. The molecule has 2 rings (SSSR count). The van der Waals surface area contributed by atoms with Crippen LogP contribution in [0.3, 0.4) is 0 Å². The van der Waals surface area contributed by atoms with Crippen LogP contribution in [0.25, 0.3) is 0 Å². The fraction of sp³-hybridized carbons (Fsp3) is 0.533. The number of aliphatic carboxylic acids is 1. The van der Waals surface area contributed by atoms with Crippen LogP contribution in [-0.4, -0.2) is 41.7 Å². The highest BCUT2D eigenvalue weighted by atomic mass is 16.5. The van der Waals surface area contributed by atoms with Crippen LogP contribution in [0.1, 0.15) is 37.2 Å². The molecule has 6 nitrogen and oxygen atoms in total. The average Bonchev–Trinajstić information content (AvgIpc) is 2.44. The lowest BCUT2D eigenvalue weighted by atomic mass is 9.76. The molecule has 1 N–H and O–H groups in total. The standard InChI is InChI=1S/C15H20N2O4/c1-15(2)6-4-8-17(12(15)13(18)19)10-5-7-16-11(9-10)14(20)21-3/h5,7,9,12H,4,6,8H2,1-3H3,(H,18,19). The van der Waals surface area contributed by atoms with Crippen molar-refractivity contribution in [3.8, 4) is 0 Å². The van der Waals surface area contributed by atoms with Crippen molar-refractivity contribution >= 4 is 17.6 Å². The van der Waals surface area contributed by atoms with Crippen LogP contribution < -0.4 is 4.90 Å². The number of carboxylic acids is 1. The molecule has 0 saturated carbocycles. The first-order valence-corrected chi connectivity index (χ1v) is 6.90. The highest BCUT2D eigenvalue weighted by Gasteiger charge is 2.42. The van der Waals surface area contributed by atoms with E-state index >= 15 is 0 Å². The Morgan fingerprint density at radius 3 is 2.81 bits per heavy atom. The van der Waals surface area contributed by atoms with E-state index in [9.17, 15) is 14.7 Å². The molecule has 2 heterocycles. The lowest BCUT2D eigenvalue weighted by molar-refractivity contribution is -0.142. The Kier molecular flexibility index (Phi) is 4.16. The number of aromatic nitrogens is 1. The fourth-order valence-corrected chi connectivity index (χ4v) is 2.95. The Balaban J connectivity index is 2.39. The summed E-state index contributed by atoms with van der Waals surface area (Å²) >= 11 is 0. The van der Waals surface area contributed by atoms with E-state index in [0.717, 1.165) is 12.8 Å². The van der Waals surface area contributed by atoms with Gasteiger partial charge < -0.3 is 14.7 Å². The minimum atomic E-state index is -0.851. The summed E-state index contributed by atoms with van der Waals surface area (Å²) in [5.74, 6) is -1.38. The van der Waals surface area contributed by atoms with Gasteiger partial charge in [0.05, 0.1) is 7.11 Å². The van der Waals surface area contributed by atoms with Gasteiger partial charge in [0.2, 0.25) is 0 Å². The second kappa shape index (κ2) is 5.71. The lowest BCUT2D eigenvalue weighted by Crippen LogP contribution is -2.54. The number of esters is 1. The summed E-state index contributed by atoms with van der Waals surface area (Å²) in [4.78, 5) is 29.0. The zero-order valence-corrected chi connectivity index (χ0v) is 12.5. The summed E-state index contributed by atoms with van der Waals surface area (Å²) < 4.78 is 4.66. The minimum absolute atomic E-state index is 0.183. The van der Waals surface area contributed by atoms with E-state index in [1.807, 2.05) is 18.7 Å². The van der Waals surface area contributed by atoms with Gasteiger partial charge in [0.15, 0.2) is 0 Å². The van der Waals surface area contributed by atoms with Gasteiger partial charge in [-0.1, -0.05) is 13.8 Å². The lowest BCUT2D eigenvalue weighted by Gasteiger charge is -2.45. The molecular weight excluding hydrogens is 272 g/mol. The van der Waals surface area contributed by atoms with Gasteiger partial charge >= 0.3 is 11.9 Å². The van der Waals surface area contributed by atoms with Crippen LogP contribution in [0.5, 0.6) is 0 Å². The summed E-state index contributed by atoms with van der Waals surface area (Å²) in [6.45, 7) is 4.56. The largest absolute Gasteiger partial charge is 0.480 e. The minimum Gasteiger partial charge on any atom is -0.480 e. The number of pyridine rings is 1. The summed E-state index contributed by atoms with van der Waals surface area (Å²) in [7, 11) is 1.29. The molecule has 114 valence electrons. The van der Waals surface area contributed by atoms with Crippen LogP contribution in [0, 0.1) is 5.41 Å². The summed E-state index contributed by atoms with van der Waals surface area (Å²) in [5, 5.41) is 9.58. The molecular formula is C15H20N2O4. The van der Waals surface area contributed by atoms with Crippen LogP contribution in [0.4, 0.5) is 5.69 Å². The van der Waals surface area contributed by atoms with Crippen molar-refractivity contribution in [1.82, 2.24) is 4.98 Å². The van der Waals surface area contributed by atoms with E-state index in [2.05, 4.69) is 9.72 Å². The predicted octanol–water partition coefficient (Wildman–Crippen LogP) is 1.95. The van der Waals surface area contributed by atoms with E-state index in [0.29, 0.717) is 12.2 Å². The first-order chi connectivity index (χ1) is 9.86. The number of hydrogen-bond acceptors (Lipinski definition) is 5. The number of nitrogens with zero attached hydrogens (tertiary/aromatic N) is 2. The third kappa shape index (κ3) is 2.99. The highest BCUT2D eigenvalue weighted by Crippen LogP contribution is 2.37. The van der Waals surface area contributed by atoms with Crippen LogP contribution >= 0.6 is 0 Å². The maximum absolute atomic E-state index is 11.7. The number of anilines is 1. The second-order valence-corrected chi connectivity index (χ2v) is 5.92. The van der Waals surface area contributed by atoms with Crippen LogP contribution in [0.15, 0.2) is 18.3 Å². The Hall–Kier alpha value is -2.11. The molecule has 0 radical (unpaired) electrons. The number of methoxy groups -OCH3 is 1. The van der Waals surface area contributed by atoms with Crippen molar-refractivity contribution in [2.75, 3.05) is 18.6 Å². The first kappa shape index (κ1) is 15.3. The van der Waals surface area contributed by atoms with Gasteiger partial charge in [0, 0.05) is 18.4 Å². The quantitative estimate of drug-likeness (QED) is 0.858. The molecule has 1 unspecified atom stereocenters. The van der Waals surface area contributed by atoms with E-state index in [1.165, 1.54) is 13.3 Å². The smallest absolute Gasteiger partial charge is 0.356 e. The maximum Gasteiger partial charge on any atom is 0.356 e. The average molecular weight is 292 g/mol. The number of carbonyl (C=O) groups is 2. The van der Waals surface area contributed by atoms with Gasteiger partial charge in [-0.2, -0.15) is 0 Å². The molecule has 0 aromatic carbocycles. The zero-order chi connectivity index (χ0) is 15.6. The van der Waals surface area contributed by atoms with Crippen molar-refractivity contribution < 1.29 is 19.4 Å². The van der Waals surface area contributed by atoms with Crippen molar-refractivity contribution in [3.05, 3.63) is 24.0 Å². The van der Waals surface area contributed by atoms with E-state index < -0.39 is 18.0 Å². The third-order valence-corrected chi connectivity index (χ3v) is 3.98. The summed E-state index contributed by atoms with van der Waals surface area (Å²) in [5.41, 5.74) is 0.534. The maximum atomic E-state index is 11.7. The number of carbonyl (C=O) groups excluding carboxylic acids is 1. The van der Waals surface area contributed by atoms with Crippen molar-refractivity contribution in [1.29, 1.82) is 0 Å². The van der Waals surface area contributed by atoms with E-state index in [4.69, 9.17) is 0 Å². The topological polar surface area (TPSA) is 79.7 Å². The fourth-order valence-electron chi connectivity index (χ4n) is 2.95. The Bertz CT molecular complexity index is 556. The predicted molar refractivity (Wildman–Crippen MR) is 77.4 cm³/mol. The van der Waals surface area contributed by atoms with Crippen LogP contribution in [0.2, 0.25) is 0 Å². The third-order valence-electron chi connectivity index (χ3n) is 3.98. The van der Waals surface area contributed by atoms with Crippen molar-refractivity contribution in [2.24, 2.45) is 5.41 Å². The van der Waals surface area contributed by atoms with Crippen LogP contribution in [-0.2, 0) is 9.53 Å². The molecule has 1 aliphatic rings. The number of rotatable bonds is 3. The molecule has 0 aliphatic carbocycles. The number of hydrogen-bond donors (Lipinski definition) is 1. The summed E-state index contributed by atoms with van der Waals surface area (Å²) in [6, 6.07) is 2.69. The second-order valence-electron chi connectivity index (χ2n) is 5.92. The SMILES string of the molecule is COC(=O)c1cc(N2CCCC(C)(C)C2C(=O)O)ccn1. The van der Waals surface area contributed by atoms with E-state index in [-0.39, 0.29) is 11.1 Å². The molecule has 1 aromatic rings. The van der Waals surface area contributed by atoms with Gasteiger partial charge in [0.25, 0.3) is 0 Å². The molecule has 0 spiro atoms. The van der Waals surface area contributed by atoms with Gasteiger partial charge in [0.1, 0.15) is 11.7 Å². The van der Waals surface area contributed by atoms with Crippen molar-refractivity contribution in [3.63, 3.8) is 0 Å². The summed E-state index contributed by atoms with van der Waals surface area (Å²) in [6.07, 6.45) is 3.27. The molecule has 1 aromatic heterocycles. The Morgan fingerprint density at radius 2 is 2.19 bits per heavy atom. The number of ether oxygens (including phenoxy) is 1.